The summed E-state index contributed by atoms with van der Waals surface area (Å²) in [7, 11) is 0. The first kappa shape index (κ1) is 42.0. The SMILES string of the molecule is CC(C)C[C@H](N)C(=O)O.CC(C)C[C@H](N)C(=O)O.CC(O)C(=O)O.Cl.[Ca+2].[H-].[H-].[H-].[Na+]. The summed E-state index contributed by atoms with van der Waals surface area (Å²) in [5.41, 5.74) is 10.4. The van der Waals surface area contributed by atoms with Gasteiger partial charge in [-0.15, -0.1) is 12.4 Å². The first-order valence-corrected chi connectivity index (χ1v) is 7.59. The van der Waals surface area contributed by atoms with Crippen LogP contribution in [0.15, 0.2) is 0 Å². The van der Waals surface area contributed by atoms with Crippen LogP contribution in [0.5, 0.6) is 0 Å². The second-order valence-electron chi connectivity index (χ2n) is 6.16. The summed E-state index contributed by atoms with van der Waals surface area (Å²) in [6.07, 6.45) is -0.130. The molecule has 0 spiro atoms. The molecule has 0 fully saturated rings. The fourth-order valence-corrected chi connectivity index (χ4v) is 1.22. The molecule has 158 valence electrons. The van der Waals surface area contributed by atoms with E-state index < -0.39 is 36.1 Å². The van der Waals surface area contributed by atoms with Gasteiger partial charge in [0.05, 0.1) is 0 Å². The first-order valence-electron chi connectivity index (χ1n) is 7.59. The minimum atomic E-state index is -1.23. The van der Waals surface area contributed by atoms with Crippen molar-refractivity contribution in [3.05, 3.63) is 0 Å². The largest absolute Gasteiger partial charge is 2.00 e. The van der Waals surface area contributed by atoms with E-state index in [0.29, 0.717) is 24.7 Å². The molecule has 0 aliphatic heterocycles. The van der Waals surface area contributed by atoms with Crippen molar-refractivity contribution in [2.75, 3.05) is 0 Å². The summed E-state index contributed by atoms with van der Waals surface area (Å²) in [5, 5.41) is 32.4. The molecule has 0 aliphatic rings. The Labute approximate surface area is 223 Å². The summed E-state index contributed by atoms with van der Waals surface area (Å²) in [5.74, 6) is -2.30. The van der Waals surface area contributed by atoms with E-state index in [1.54, 1.807) is 0 Å². The fourth-order valence-electron chi connectivity index (χ4n) is 1.22. The predicted molar refractivity (Wildman–Crippen MR) is 106 cm³/mol. The molecular formula is C15H36CaClN2NaO7. The maximum absolute atomic E-state index is 10.1. The van der Waals surface area contributed by atoms with Crippen LogP contribution in [0, 0.1) is 11.8 Å². The summed E-state index contributed by atoms with van der Waals surface area (Å²) in [6, 6.07) is -1.38. The minimum Gasteiger partial charge on any atom is -1.00 e. The maximum Gasteiger partial charge on any atom is 2.00 e. The van der Waals surface area contributed by atoms with Gasteiger partial charge in [0.2, 0.25) is 0 Å². The molecular weight excluding hydrogens is 419 g/mol. The van der Waals surface area contributed by atoms with Gasteiger partial charge >= 0.3 is 85.2 Å². The molecule has 1 unspecified atom stereocenters. The van der Waals surface area contributed by atoms with Crippen LogP contribution in [-0.4, -0.2) is 94.3 Å². The van der Waals surface area contributed by atoms with Gasteiger partial charge in [-0.05, 0) is 31.6 Å². The van der Waals surface area contributed by atoms with E-state index >= 15 is 0 Å². The van der Waals surface area contributed by atoms with Crippen molar-refractivity contribution in [2.45, 2.75) is 65.6 Å². The van der Waals surface area contributed by atoms with Crippen LogP contribution in [0.4, 0.5) is 0 Å². The van der Waals surface area contributed by atoms with Gasteiger partial charge in [0, 0.05) is 0 Å². The van der Waals surface area contributed by atoms with E-state index in [9.17, 15) is 14.4 Å². The Hall–Kier alpha value is 0.840. The van der Waals surface area contributed by atoms with Crippen molar-refractivity contribution in [3.63, 3.8) is 0 Å². The van der Waals surface area contributed by atoms with Gasteiger partial charge in [0.15, 0.2) is 0 Å². The molecule has 0 heterocycles. The van der Waals surface area contributed by atoms with E-state index in [-0.39, 0.29) is 84.0 Å². The Morgan fingerprint density at radius 3 is 1.00 bits per heavy atom. The second-order valence-corrected chi connectivity index (χ2v) is 6.16. The predicted octanol–water partition coefficient (Wildman–Crippen LogP) is -2.28. The van der Waals surface area contributed by atoms with E-state index in [0.717, 1.165) is 0 Å². The third kappa shape index (κ3) is 38.1. The van der Waals surface area contributed by atoms with Gasteiger partial charge in [-0.25, -0.2) is 4.79 Å². The Kier molecular flexibility index (Phi) is 38.7. The maximum atomic E-state index is 10.1. The standard InChI is InChI=1S/2C6H13NO2.C3H6O3.Ca.ClH.Na.3H/c2*1-4(2)3-5(7)6(8)9;1-2(4)3(5)6;;;;;;/h2*4-5H,3,7H2,1-2H3,(H,8,9);2,4H,1H3,(H,5,6);;1H;;;;/q;;;+2;;+1;3*-1/t2*5-;;;;;;;/m00......./s1. The molecule has 3 atom stereocenters. The topological polar surface area (TPSA) is 184 Å². The normalized spacial score (nSPS) is 12.2. The number of halogens is 1. The summed E-state index contributed by atoms with van der Waals surface area (Å²) < 4.78 is 0. The number of hydrogen-bond donors (Lipinski definition) is 6. The number of aliphatic carboxylic acids is 3. The molecule has 27 heavy (non-hydrogen) atoms. The molecule has 0 aromatic heterocycles. The van der Waals surface area contributed by atoms with Crippen molar-refractivity contribution in [3.8, 4) is 0 Å². The van der Waals surface area contributed by atoms with Crippen molar-refractivity contribution in [1.82, 2.24) is 0 Å². The monoisotopic (exact) mass is 454 g/mol. The number of hydrogen-bond acceptors (Lipinski definition) is 6. The second kappa shape index (κ2) is 24.9. The molecule has 0 saturated carbocycles. The van der Waals surface area contributed by atoms with Gasteiger partial charge in [-0.3, -0.25) is 9.59 Å². The Morgan fingerprint density at radius 2 is 0.963 bits per heavy atom. The van der Waals surface area contributed by atoms with Crippen LogP contribution in [0.25, 0.3) is 0 Å². The summed E-state index contributed by atoms with van der Waals surface area (Å²) in [6.45, 7) is 8.99. The molecule has 0 rings (SSSR count). The third-order valence-corrected chi connectivity index (χ3v) is 2.44. The minimum absolute atomic E-state index is 0. The van der Waals surface area contributed by atoms with Crippen LogP contribution in [-0.2, 0) is 14.4 Å². The quantitative estimate of drug-likeness (QED) is 0.230. The number of carboxylic acids is 3. The van der Waals surface area contributed by atoms with Crippen LogP contribution >= 0.6 is 12.4 Å². The molecule has 0 saturated heterocycles. The molecule has 0 amide bonds. The van der Waals surface area contributed by atoms with Gasteiger partial charge in [0.25, 0.3) is 0 Å². The zero-order chi connectivity index (χ0) is 20.0. The summed E-state index contributed by atoms with van der Waals surface area (Å²) >= 11 is 0. The van der Waals surface area contributed by atoms with Gasteiger partial charge in [0.1, 0.15) is 18.2 Å². The molecule has 0 aromatic carbocycles. The zero-order valence-electron chi connectivity index (χ0n) is 20.1. The first-order chi connectivity index (χ1) is 10.7. The number of aliphatic hydroxyl groups excluding tert-OH is 1. The van der Waals surface area contributed by atoms with Crippen molar-refractivity contribution in [2.24, 2.45) is 23.3 Å². The Bertz CT molecular complexity index is 377. The van der Waals surface area contributed by atoms with Crippen molar-refractivity contribution >= 4 is 68.1 Å². The number of aliphatic hydroxyl groups is 1. The van der Waals surface area contributed by atoms with Gasteiger partial charge in [-0.2, -0.15) is 0 Å². The van der Waals surface area contributed by atoms with E-state index in [4.69, 9.17) is 31.9 Å². The average molecular weight is 455 g/mol. The third-order valence-electron chi connectivity index (χ3n) is 2.44. The van der Waals surface area contributed by atoms with Crippen LogP contribution in [0.3, 0.4) is 0 Å². The average Bonchev–Trinajstić information content (AvgIpc) is 2.38. The number of rotatable bonds is 7. The van der Waals surface area contributed by atoms with Crippen LogP contribution in [0.1, 0.15) is 51.7 Å². The van der Waals surface area contributed by atoms with Crippen LogP contribution in [0.2, 0.25) is 0 Å². The van der Waals surface area contributed by atoms with Gasteiger partial charge < -0.3 is 36.2 Å². The fraction of sp³-hybridized carbons (Fsp3) is 0.800. The molecule has 8 N–H and O–H groups in total. The zero-order valence-corrected chi connectivity index (χ0v) is 22.1. The van der Waals surface area contributed by atoms with Crippen LogP contribution < -0.4 is 41.0 Å². The van der Waals surface area contributed by atoms with E-state index in [1.807, 2.05) is 27.7 Å². The van der Waals surface area contributed by atoms with Gasteiger partial charge in [-0.1, -0.05) is 27.7 Å². The molecule has 0 aliphatic carbocycles. The Morgan fingerprint density at radius 1 is 0.778 bits per heavy atom. The molecule has 12 heteroatoms. The van der Waals surface area contributed by atoms with Crippen molar-refractivity contribution < 1.29 is 68.6 Å². The Balaban J connectivity index is -0.0000000291. The van der Waals surface area contributed by atoms with E-state index in [1.165, 1.54) is 6.92 Å². The van der Waals surface area contributed by atoms with Crippen molar-refractivity contribution in [1.29, 1.82) is 0 Å². The molecule has 0 aromatic rings. The number of carboxylic acid groups (broad SMARTS) is 3. The van der Waals surface area contributed by atoms with E-state index in [2.05, 4.69) is 0 Å². The number of nitrogens with two attached hydrogens (primary N) is 2. The smallest absolute Gasteiger partial charge is 1.00 e. The molecule has 0 radical (unpaired) electrons. The summed E-state index contributed by atoms with van der Waals surface area (Å²) in [4.78, 5) is 29.7. The molecule has 9 nitrogen and oxygen atoms in total. The number of carbonyl (C=O) groups is 3. The molecule has 0 bridgehead atoms.